The molecule has 0 aromatic carbocycles. The molecular weight excluding hydrogens is 804 g/mol. The highest BCUT2D eigenvalue weighted by atomic mass is 31.2. The van der Waals surface area contributed by atoms with E-state index in [2.05, 4.69) is 43.5 Å². The molecule has 0 saturated carbocycles. The van der Waals surface area contributed by atoms with Crippen molar-refractivity contribution in [2.24, 2.45) is 0 Å². The lowest BCUT2D eigenvalue weighted by molar-refractivity contribution is -0.870. The van der Waals surface area contributed by atoms with E-state index in [-0.39, 0.29) is 19.1 Å². The molecule has 0 aliphatic rings. The van der Waals surface area contributed by atoms with Crippen molar-refractivity contribution in [1.82, 2.24) is 5.32 Å². The molecule has 0 heterocycles. The van der Waals surface area contributed by atoms with Crippen LogP contribution < -0.4 is 5.32 Å². The summed E-state index contributed by atoms with van der Waals surface area (Å²) in [5.41, 5.74) is 0. The van der Waals surface area contributed by atoms with Gasteiger partial charge in [-0.05, 0) is 51.4 Å². The number of phosphoric ester groups is 1. The molecule has 0 aliphatic carbocycles. The van der Waals surface area contributed by atoms with E-state index >= 15 is 0 Å². The van der Waals surface area contributed by atoms with Crippen LogP contribution >= 0.6 is 7.82 Å². The number of nitrogens with zero attached hydrogens (tertiary/aromatic N) is 1. The highest BCUT2D eigenvalue weighted by molar-refractivity contribution is 7.47. The Labute approximate surface area is 391 Å². The number of allylic oxidation sites excluding steroid dienone is 5. The number of carbonyl (C=O) groups excluding carboxylic acids is 1. The summed E-state index contributed by atoms with van der Waals surface area (Å²) in [6.45, 7) is 4.82. The van der Waals surface area contributed by atoms with E-state index in [0.717, 1.165) is 44.9 Å². The molecule has 0 aromatic heterocycles. The topological polar surface area (TPSA) is 105 Å². The van der Waals surface area contributed by atoms with Crippen molar-refractivity contribution in [3.8, 4) is 0 Å². The molecule has 0 radical (unpaired) electrons. The Kier molecular flexibility index (Phi) is 44.9. The second kappa shape index (κ2) is 45.9. The molecule has 3 atom stereocenters. The first kappa shape index (κ1) is 61.7. The fraction of sp³-hybridized carbons (Fsp3) is 0.870. The minimum Gasteiger partial charge on any atom is -0.387 e. The average Bonchev–Trinajstić information content (AvgIpc) is 3.24. The molecule has 0 rings (SSSR count). The number of nitrogens with one attached hydrogen (secondary N) is 1. The minimum absolute atomic E-state index is 0.0618. The van der Waals surface area contributed by atoms with Crippen LogP contribution in [0.5, 0.6) is 0 Å². The Hall–Kier alpha value is -1.28. The van der Waals surface area contributed by atoms with Crippen molar-refractivity contribution >= 4 is 13.7 Å². The lowest BCUT2D eigenvalue weighted by atomic mass is 10.0. The maximum atomic E-state index is 12.9. The average molecular weight is 910 g/mol. The zero-order valence-electron chi connectivity index (χ0n) is 42.3. The molecule has 0 spiro atoms. The number of aliphatic hydroxyl groups is 1. The molecule has 0 saturated heterocycles. The van der Waals surface area contributed by atoms with E-state index in [9.17, 15) is 19.4 Å². The maximum absolute atomic E-state index is 12.9. The van der Waals surface area contributed by atoms with Gasteiger partial charge in [-0.15, -0.1) is 0 Å². The molecule has 63 heavy (non-hydrogen) atoms. The van der Waals surface area contributed by atoms with Gasteiger partial charge in [0.05, 0.1) is 39.9 Å². The first-order chi connectivity index (χ1) is 30.5. The molecule has 0 aliphatic heterocycles. The number of hydrogen-bond donors (Lipinski definition) is 3. The van der Waals surface area contributed by atoms with Crippen molar-refractivity contribution in [2.75, 3.05) is 40.9 Å². The molecular formula is C54H106N2O6P+. The highest BCUT2D eigenvalue weighted by Gasteiger charge is 2.27. The fourth-order valence-electron chi connectivity index (χ4n) is 7.84. The van der Waals surface area contributed by atoms with Crippen molar-refractivity contribution in [1.29, 1.82) is 0 Å². The van der Waals surface area contributed by atoms with Crippen molar-refractivity contribution < 1.29 is 32.9 Å². The van der Waals surface area contributed by atoms with Gasteiger partial charge in [-0.3, -0.25) is 13.8 Å². The maximum Gasteiger partial charge on any atom is 0.472 e. The number of rotatable bonds is 49. The van der Waals surface area contributed by atoms with Gasteiger partial charge in [-0.25, -0.2) is 4.57 Å². The third-order valence-corrected chi connectivity index (χ3v) is 13.1. The Bertz CT molecular complexity index is 1120. The van der Waals surface area contributed by atoms with Crippen LogP contribution in [0.1, 0.15) is 251 Å². The number of unbranched alkanes of at least 4 members (excludes halogenated alkanes) is 32. The lowest BCUT2D eigenvalue weighted by Crippen LogP contribution is -2.45. The Morgan fingerprint density at radius 1 is 0.540 bits per heavy atom. The summed E-state index contributed by atoms with van der Waals surface area (Å²) >= 11 is 0. The van der Waals surface area contributed by atoms with Gasteiger partial charge in [0.25, 0.3) is 0 Å². The number of amides is 1. The van der Waals surface area contributed by atoms with Gasteiger partial charge in [0.1, 0.15) is 13.2 Å². The van der Waals surface area contributed by atoms with E-state index < -0.39 is 20.0 Å². The summed E-state index contributed by atoms with van der Waals surface area (Å²) in [5.74, 6) is -0.177. The summed E-state index contributed by atoms with van der Waals surface area (Å²) in [6, 6.07) is -0.845. The van der Waals surface area contributed by atoms with E-state index in [1.807, 2.05) is 27.2 Å². The molecule has 3 unspecified atom stereocenters. The van der Waals surface area contributed by atoms with Crippen LogP contribution in [0.25, 0.3) is 0 Å². The van der Waals surface area contributed by atoms with Crippen LogP contribution in [0, 0.1) is 0 Å². The summed E-state index contributed by atoms with van der Waals surface area (Å²) in [5, 5.41) is 13.9. The third-order valence-electron chi connectivity index (χ3n) is 12.1. The van der Waals surface area contributed by atoms with Crippen LogP contribution in [0.4, 0.5) is 0 Å². The van der Waals surface area contributed by atoms with Gasteiger partial charge in [-0.2, -0.15) is 0 Å². The highest BCUT2D eigenvalue weighted by Crippen LogP contribution is 2.43. The van der Waals surface area contributed by atoms with Crippen LogP contribution in [-0.2, 0) is 18.4 Å². The van der Waals surface area contributed by atoms with Crippen molar-refractivity contribution in [3.63, 3.8) is 0 Å². The van der Waals surface area contributed by atoms with Crippen molar-refractivity contribution in [2.45, 2.75) is 264 Å². The second-order valence-corrected chi connectivity index (χ2v) is 21.1. The predicted molar refractivity (Wildman–Crippen MR) is 272 cm³/mol. The predicted octanol–water partition coefficient (Wildman–Crippen LogP) is 15.8. The van der Waals surface area contributed by atoms with Crippen LogP contribution in [-0.4, -0.2) is 73.4 Å². The number of carbonyl (C=O) groups is 1. The number of quaternary nitrogens is 1. The molecule has 0 fully saturated rings. The standard InChI is InChI=1S/C54H105N2O6P/c1-6-8-10-12-14-16-18-20-21-22-23-24-25-26-27-28-29-30-31-32-33-34-35-36-38-40-42-44-46-48-54(58)55-52(51-62-63(59,60)61-50-49-56(3,4)5)53(57)47-45-43-41-39-37-19-17-15-13-11-9-7-2/h23-24,26-27,45,47,52-53,57H,6-22,25,28-44,46,48-51H2,1-5H3,(H-,55,58,59,60)/p+1/b24-23-,27-26-,47-45+. The number of likely N-dealkylation sites (N-methyl/N-ethyl adjacent to an activating group) is 1. The molecule has 0 bridgehead atoms. The molecule has 0 aromatic rings. The smallest absolute Gasteiger partial charge is 0.387 e. The number of aliphatic hydroxyl groups excluding tert-OH is 1. The largest absolute Gasteiger partial charge is 0.472 e. The molecule has 8 nitrogen and oxygen atoms in total. The summed E-state index contributed by atoms with van der Waals surface area (Å²) in [7, 11) is 1.58. The molecule has 372 valence electrons. The minimum atomic E-state index is -4.34. The lowest BCUT2D eigenvalue weighted by Gasteiger charge is -2.25. The zero-order chi connectivity index (χ0) is 46.4. The number of hydrogen-bond acceptors (Lipinski definition) is 5. The van der Waals surface area contributed by atoms with Crippen LogP contribution in [0.2, 0.25) is 0 Å². The third kappa shape index (κ3) is 48.5. The zero-order valence-corrected chi connectivity index (χ0v) is 43.2. The molecule has 3 N–H and O–H groups in total. The monoisotopic (exact) mass is 910 g/mol. The second-order valence-electron chi connectivity index (χ2n) is 19.6. The van der Waals surface area contributed by atoms with E-state index in [1.165, 1.54) is 186 Å². The van der Waals surface area contributed by atoms with Gasteiger partial charge in [0.2, 0.25) is 5.91 Å². The van der Waals surface area contributed by atoms with Gasteiger partial charge in [0, 0.05) is 6.42 Å². The Balaban J connectivity index is 4.10. The number of phosphoric acid groups is 1. The summed E-state index contributed by atoms with van der Waals surface area (Å²) in [4.78, 5) is 23.2. The Morgan fingerprint density at radius 3 is 1.30 bits per heavy atom. The first-order valence-electron chi connectivity index (χ1n) is 26.9. The van der Waals surface area contributed by atoms with Crippen LogP contribution in [0.3, 0.4) is 0 Å². The van der Waals surface area contributed by atoms with Gasteiger partial charge < -0.3 is 19.8 Å². The summed E-state index contributed by atoms with van der Waals surface area (Å²) < 4.78 is 23.6. The first-order valence-corrected chi connectivity index (χ1v) is 28.4. The van der Waals surface area contributed by atoms with E-state index in [0.29, 0.717) is 17.4 Å². The normalized spacial score (nSPS) is 14.3. The summed E-state index contributed by atoms with van der Waals surface area (Å²) in [6.07, 6.45) is 58.1. The van der Waals surface area contributed by atoms with Gasteiger partial charge >= 0.3 is 7.82 Å². The molecule has 9 heteroatoms. The Morgan fingerprint density at radius 2 is 0.905 bits per heavy atom. The fourth-order valence-corrected chi connectivity index (χ4v) is 8.57. The quantitative estimate of drug-likeness (QED) is 0.0243. The van der Waals surface area contributed by atoms with E-state index in [1.54, 1.807) is 6.08 Å². The van der Waals surface area contributed by atoms with Gasteiger partial charge in [-0.1, -0.05) is 230 Å². The van der Waals surface area contributed by atoms with Gasteiger partial charge in [0.15, 0.2) is 0 Å². The van der Waals surface area contributed by atoms with Crippen molar-refractivity contribution in [3.05, 3.63) is 36.5 Å². The SMILES string of the molecule is CCCCCCCCCCC/C=C\C/C=C\CCCCCCCCCCCCCCCC(=O)NC(COP(=O)(O)OCC[N+](C)(C)C)C(O)/C=C/CCCCCCCCCCCC. The van der Waals surface area contributed by atoms with Crippen LogP contribution in [0.15, 0.2) is 36.5 Å². The van der Waals surface area contributed by atoms with E-state index in [4.69, 9.17) is 9.05 Å². The molecule has 1 amide bonds.